The Labute approximate surface area is 211 Å². The van der Waals surface area contributed by atoms with Crippen LogP contribution in [0.1, 0.15) is 53.4 Å². The molecular formula is C25H39BrN2O6. The normalized spacial score (nSPS) is 32.7. The predicted octanol–water partition coefficient (Wildman–Crippen LogP) is 2.52. The lowest BCUT2D eigenvalue weighted by Gasteiger charge is -2.40. The van der Waals surface area contributed by atoms with Gasteiger partial charge in [-0.05, 0) is 25.7 Å². The molecule has 0 aromatic carbocycles. The van der Waals surface area contributed by atoms with Gasteiger partial charge in [0.15, 0.2) is 0 Å². The number of aliphatic hydroxyl groups is 1. The minimum atomic E-state index is -1.14. The molecule has 1 spiro atoms. The molecule has 2 bridgehead atoms. The van der Waals surface area contributed by atoms with E-state index in [0.29, 0.717) is 19.5 Å². The van der Waals surface area contributed by atoms with Crippen LogP contribution in [0.5, 0.6) is 0 Å². The van der Waals surface area contributed by atoms with E-state index >= 15 is 0 Å². The molecule has 0 saturated carbocycles. The minimum absolute atomic E-state index is 0.0922. The molecule has 3 rings (SSSR count). The molecule has 9 heteroatoms. The number of amides is 2. The van der Waals surface area contributed by atoms with Crippen LogP contribution in [0.25, 0.3) is 0 Å². The first-order valence-corrected chi connectivity index (χ1v) is 13.4. The number of ether oxygens (including phenoxy) is 2. The van der Waals surface area contributed by atoms with Crippen LogP contribution in [0, 0.1) is 17.8 Å². The highest BCUT2D eigenvalue weighted by atomic mass is 79.9. The van der Waals surface area contributed by atoms with Crippen LogP contribution in [0.15, 0.2) is 12.7 Å². The Morgan fingerprint density at radius 2 is 2.09 bits per heavy atom. The van der Waals surface area contributed by atoms with E-state index in [2.05, 4.69) is 29.4 Å². The third-order valence-electron chi connectivity index (χ3n) is 7.53. The molecule has 8 nitrogen and oxygen atoms in total. The van der Waals surface area contributed by atoms with Crippen molar-refractivity contribution in [3.8, 4) is 0 Å². The fourth-order valence-electron chi connectivity index (χ4n) is 6.00. The summed E-state index contributed by atoms with van der Waals surface area (Å²) >= 11 is 3.65. The standard InChI is InChI=1S/C25H39BrN2O6/c1-6-9-10-12-27(11-7-2)23(31)21-25-13-16(26)20(34-25)18(24(32)33-8-3)19(25)22(30)28(21)17(14-29)15(4)5/h7,15-21,29H,2,6,8-14H2,1,3-5H3/t16?,17-,18+,19-,20+,21?,25?/m0/s1. The van der Waals surface area contributed by atoms with Crippen molar-refractivity contribution in [3.63, 3.8) is 0 Å². The zero-order valence-corrected chi connectivity index (χ0v) is 22.3. The van der Waals surface area contributed by atoms with Crippen molar-refractivity contribution in [1.29, 1.82) is 0 Å². The van der Waals surface area contributed by atoms with Gasteiger partial charge in [0.25, 0.3) is 0 Å². The SMILES string of the molecule is C=CCN(CCCCC)C(=O)C1N([C@@H](CO)C(C)C)C(=O)[C@@H]2[C@@H](C(=O)OCC)[C@@H]3OC12CC3Br. The van der Waals surface area contributed by atoms with Gasteiger partial charge < -0.3 is 24.4 Å². The molecule has 3 fully saturated rings. The zero-order chi connectivity index (χ0) is 25.2. The molecule has 34 heavy (non-hydrogen) atoms. The molecule has 7 atom stereocenters. The maximum Gasteiger partial charge on any atom is 0.312 e. The van der Waals surface area contributed by atoms with Crippen molar-refractivity contribution >= 4 is 33.7 Å². The van der Waals surface area contributed by atoms with Gasteiger partial charge in [0.05, 0.1) is 37.2 Å². The van der Waals surface area contributed by atoms with Crippen molar-refractivity contribution in [1.82, 2.24) is 9.80 Å². The predicted molar refractivity (Wildman–Crippen MR) is 131 cm³/mol. The number of carbonyl (C=O) groups is 3. The number of fused-ring (bicyclic) bond motifs is 1. The van der Waals surface area contributed by atoms with E-state index in [4.69, 9.17) is 9.47 Å². The number of nitrogens with zero attached hydrogens (tertiary/aromatic N) is 2. The van der Waals surface area contributed by atoms with Gasteiger partial charge in [0.2, 0.25) is 11.8 Å². The lowest BCUT2D eigenvalue weighted by Crippen LogP contribution is -2.60. The monoisotopic (exact) mass is 542 g/mol. The maximum atomic E-state index is 14.2. The molecule has 2 amide bonds. The first kappa shape index (κ1) is 27.1. The van der Waals surface area contributed by atoms with E-state index in [-0.39, 0.29) is 35.8 Å². The summed E-state index contributed by atoms with van der Waals surface area (Å²) in [5.41, 5.74) is -1.14. The largest absolute Gasteiger partial charge is 0.466 e. The number of alkyl halides is 1. The van der Waals surface area contributed by atoms with E-state index in [9.17, 15) is 19.5 Å². The summed E-state index contributed by atoms with van der Waals surface area (Å²) in [5.74, 6) is -2.68. The second-order valence-corrected chi connectivity index (χ2v) is 11.1. The summed E-state index contributed by atoms with van der Waals surface area (Å²) in [6, 6.07) is -1.49. The molecule has 1 N–H and O–H groups in total. The van der Waals surface area contributed by atoms with Crippen LogP contribution < -0.4 is 0 Å². The van der Waals surface area contributed by atoms with Crippen LogP contribution >= 0.6 is 15.9 Å². The second kappa shape index (κ2) is 11.1. The number of hydrogen-bond acceptors (Lipinski definition) is 6. The number of hydrogen-bond donors (Lipinski definition) is 1. The average Bonchev–Trinajstić information content (AvgIpc) is 3.37. The van der Waals surface area contributed by atoms with E-state index in [0.717, 1.165) is 19.3 Å². The van der Waals surface area contributed by atoms with E-state index < -0.39 is 41.6 Å². The number of likely N-dealkylation sites (tertiary alicyclic amines) is 1. The number of halogens is 1. The lowest BCUT2D eigenvalue weighted by molar-refractivity contribution is -0.156. The van der Waals surface area contributed by atoms with Crippen LogP contribution in [-0.4, -0.2) is 87.6 Å². The van der Waals surface area contributed by atoms with Crippen LogP contribution in [-0.2, 0) is 23.9 Å². The molecular weight excluding hydrogens is 504 g/mol. The van der Waals surface area contributed by atoms with Crippen LogP contribution in [0.3, 0.4) is 0 Å². The number of rotatable bonds is 12. The van der Waals surface area contributed by atoms with Gasteiger partial charge in [-0.15, -0.1) is 6.58 Å². The summed E-state index contributed by atoms with van der Waals surface area (Å²) < 4.78 is 11.8. The Morgan fingerprint density at radius 3 is 2.65 bits per heavy atom. The number of aliphatic hydroxyl groups excluding tert-OH is 1. The van der Waals surface area contributed by atoms with Crippen molar-refractivity contribution < 1.29 is 29.0 Å². The smallest absolute Gasteiger partial charge is 0.312 e. The summed E-state index contributed by atoms with van der Waals surface area (Å²) in [4.78, 5) is 44.2. The van der Waals surface area contributed by atoms with Crippen LogP contribution in [0.4, 0.5) is 0 Å². The third-order valence-corrected chi connectivity index (χ3v) is 8.37. The summed E-state index contributed by atoms with van der Waals surface area (Å²) in [5, 5.41) is 10.3. The van der Waals surface area contributed by atoms with Gasteiger partial charge in [-0.1, -0.05) is 55.6 Å². The topological polar surface area (TPSA) is 96.4 Å². The zero-order valence-electron chi connectivity index (χ0n) is 20.7. The molecule has 0 aliphatic carbocycles. The Balaban J connectivity index is 2.08. The van der Waals surface area contributed by atoms with Gasteiger partial charge in [-0.3, -0.25) is 14.4 Å². The fourth-order valence-corrected chi connectivity index (χ4v) is 6.95. The Hall–Kier alpha value is -1.45. The highest BCUT2D eigenvalue weighted by Crippen LogP contribution is 2.60. The molecule has 0 radical (unpaired) electrons. The number of esters is 1. The summed E-state index contributed by atoms with van der Waals surface area (Å²) in [6.07, 6.45) is 4.44. The van der Waals surface area contributed by atoms with Crippen molar-refractivity contribution in [2.24, 2.45) is 17.8 Å². The van der Waals surface area contributed by atoms with Gasteiger partial charge in [-0.25, -0.2) is 0 Å². The fraction of sp³-hybridized carbons (Fsp3) is 0.800. The molecule has 192 valence electrons. The first-order valence-electron chi connectivity index (χ1n) is 12.5. The third kappa shape index (κ3) is 4.44. The number of carbonyl (C=O) groups excluding carboxylic acids is 3. The Bertz CT molecular complexity index is 791. The summed E-state index contributed by atoms with van der Waals surface area (Å²) in [7, 11) is 0. The maximum absolute atomic E-state index is 14.2. The Kier molecular flexibility index (Phi) is 8.85. The second-order valence-electron chi connectivity index (χ2n) is 9.94. The molecule has 3 aliphatic heterocycles. The first-order chi connectivity index (χ1) is 16.2. The van der Waals surface area contributed by atoms with Crippen molar-refractivity contribution in [3.05, 3.63) is 12.7 Å². The van der Waals surface area contributed by atoms with Gasteiger partial charge >= 0.3 is 5.97 Å². The molecule has 0 aromatic rings. The molecule has 0 aromatic heterocycles. The lowest BCUT2D eigenvalue weighted by atomic mass is 9.70. The van der Waals surface area contributed by atoms with E-state index in [1.807, 2.05) is 13.8 Å². The molecule has 3 unspecified atom stereocenters. The number of unbranched alkanes of at least 4 members (excludes halogenated alkanes) is 2. The quantitative estimate of drug-likeness (QED) is 0.176. The molecule has 3 saturated heterocycles. The van der Waals surface area contributed by atoms with Gasteiger partial charge in [0, 0.05) is 17.9 Å². The van der Waals surface area contributed by atoms with Crippen molar-refractivity contribution in [2.45, 2.75) is 82.0 Å². The Morgan fingerprint density at radius 1 is 1.38 bits per heavy atom. The van der Waals surface area contributed by atoms with E-state index in [1.54, 1.807) is 17.9 Å². The summed E-state index contributed by atoms with van der Waals surface area (Å²) in [6.45, 7) is 12.3. The van der Waals surface area contributed by atoms with Crippen LogP contribution in [0.2, 0.25) is 0 Å². The highest BCUT2D eigenvalue weighted by molar-refractivity contribution is 9.09. The van der Waals surface area contributed by atoms with Gasteiger partial charge in [0.1, 0.15) is 11.6 Å². The highest BCUT2D eigenvalue weighted by Gasteiger charge is 2.77. The minimum Gasteiger partial charge on any atom is -0.466 e. The van der Waals surface area contributed by atoms with Crippen molar-refractivity contribution in [2.75, 3.05) is 26.3 Å². The average molecular weight is 543 g/mol. The van der Waals surface area contributed by atoms with Gasteiger partial charge in [-0.2, -0.15) is 0 Å². The molecule has 3 heterocycles. The molecule has 3 aliphatic rings. The van der Waals surface area contributed by atoms with E-state index in [1.165, 1.54) is 4.90 Å².